The van der Waals surface area contributed by atoms with Crippen molar-refractivity contribution in [1.82, 2.24) is 15.2 Å². The molecule has 1 aromatic heterocycles. The van der Waals surface area contributed by atoms with Crippen molar-refractivity contribution < 1.29 is 0 Å². The number of rotatable bonds is 3. The monoisotopic (exact) mass is 267 g/mol. The number of benzene rings is 1. The molecule has 1 N–H and O–H groups in total. The van der Waals surface area contributed by atoms with Crippen molar-refractivity contribution in [2.45, 2.75) is 25.6 Å². The molecule has 1 aromatic carbocycles. The van der Waals surface area contributed by atoms with Gasteiger partial charge in [0.05, 0.1) is 0 Å². The molecular weight excluding hydrogens is 246 g/mol. The van der Waals surface area contributed by atoms with Gasteiger partial charge in [0.15, 0.2) is 0 Å². The van der Waals surface area contributed by atoms with Gasteiger partial charge in [0.1, 0.15) is 0 Å². The van der Waals surface area contributed by atoms with Gasteiger partial charge in [0.2, 0.25) is 0 Å². The van der Waals surface area contributed by atoms with Crippen LogP contribution in [0.1, 0.15) is 24.1 Å². The summed E-state index contributed by atoms with van der Waals surface area (Å²) in [5.74, 6) is 0. The highest BCUT2D eigenvalue weighted by atomic mass is 15.2. The third kappa shape index (κ3) is 3.06. The molecule has 0 bridgehead atoms. The van der Waals surface area contributed by atoms with Gasteiger partial charge in [-0.05, 0) is 30.2 Å². The van der Waals surface area contributed by atoms with E-state index in [9.17, 15) is 0 Å². The normalized spacial score (nSPS) is 23.6. The van der Waals surface area contributed by atoms with Crippen LogP contribution in [0.3, 0.4) is 0 Å². The summed E-state index contributed by atoms with van der Waals surface area (Å²) in [5.41, 5.74) is 2.72. The van der Waals surface area contributed by atoms with Crippen molar-refractivity contribution in [3.05, 3.63) is 66.0 Å². The summed E-state index contributed by atoms with van der Waals surface area (Å²) in [5, 5.41) is 3.59. The fourth-order valence-corrected chi connectivity index (χ4v) is 2.89. The van der Waals surface area contributed by atoms with Crippen LogP contribution in [0, 0.1) is 0 Å². The molecule has 1 aliphatic heterocycles. The van der Waals surface area contributed by atoms with Crippen molar-refractivity contribution in [1.29, 1.82) is 0 Å². The minimum atomic E-state index is 0.445. The molecule has 0 aliphatic carbocycles. The van der Waals surface area contributed by atoms with Crippen LogP contribution in [-0.2, 0) is 6.54 Å². The summed E-state index contributed by atoms with van der Waals surface area (Å²) < 4.78 is 0. The molecule has 104 valence electrons. The summed E-state index contributed by atoms with van der Waals surface area (Å²) in [6.07, 6.45) is 3.75. The zero-order valence-electron chi connectivity index (χ0n) is 11.9. The molecule has 0 spiro atoms. The number of pyridine rings is 1. The van der Waals surface area contributed by atoms with Crippen molar-refractivity contribution in [3.8, 4) is 0 Å². The molecule has 2 unspecified atom stereocenters. The van der Waals surface area contributed by atoms with Gasteiger partial charge in [0, 0.05) is 44.1 Å². The Morgan fingerprint density at radius 2 is 1.90 bits per heavy atom. The lowest BCUT2D eigenvalue weighted by Crippen LogP contribution is -2.50. The first-order valence-electron chi connectivity index (χ1n) is 7.24. The first-order valence-corrected chi connectivity index (χ1v) is 7.24. The van der Waals surface area contributed by atoms with Crippen LogP contribution in [0.4, 0.5) is 0 Å². The Balaban J connectivity index is 1.80. The van der Waals surface area contributed by atoms with Gasteiger partial charge >= 0.3 is 0 Å². The maximum atomic E-state index is 4.10. The summed E-state index contributed by atoms with van der Waals surface area (Å²) >= 11 is 0. The standard InChI is InChI=1S/C17H21N3/c1-14-12-20(13-15-7-9-18-10-8-15)17(11-19-14)16-5-3-2-4-6-16/h2-10,14,17,19H,11-13H2,1H3. The van der Waals surface area contributed by atoms with E-state index in [2.05, 4.69) is 64.6 Å². The number of piperazine rings is 1. The third-order valence-corrected chi connectivity index (χ3v) is 3.93. The van der Waals surface area contributed by atoms with Crippen LogP contribution in [-0.4, -0.2) is 29.0 Å². The molecular formula is C17H21N3. The van der Waals surface area contributed by atoms with Gasteiger partial charge in [0.25, 0.3) is 0 Å². The van der Waals surface area contributed by atoms with E-state index < -0.39 is 0 Å². The molecule has 3 heteroatoms. The average Bonchev–Trinajstić information content (AvgIpc) is 2.49. The lowest BCUT2D eigenvalue weighted by molar-refractivity contribution is 0.127. The molecule has 0 radical (unpaired) electrons. The number of hydrogen-bond donors (Lipinski definition) is 1. The molecule has 3 nitrogen and oxygen atoms in total. The van der Waals surface area contributed by atoms with Crippen molar-refractivity contribution in [2.75, 3.05) is 13.1 Å². The SMILES string of the molecule is CC1CN(Cc2ccncc2)C(c2ccccc2)CN1. The van der Waals surface area contributed by atoms with Crippen molar-refractivity contribution >= 4 is 0 Å². The Morgan fingerprint density at radius 1 is 1.15 bits per heavy atom. The van der Waals surface area contributed by atoms with Crippen LogP contribution >= 0.6 is 0 Å². The second-order valence-corrected chi connectivity index (χ2v) is 5.52. The van der Waals surface area contributed by atoms with Gasteiger partial charge in [-0.25, -0.2) is 0 Å². The van der Waals surface area contributed by atoms with Gasteiger partial charge in [-0.2, -0.15) is 0 Å². The van der Waals surface area contributed by atoms with E-state index in [1.807, 2.05) is 12.4 Å². The Morgan fingerprint density at radius 3 is 2.65 bits per heavy atom. The lowest BCUT2D eigenvalue weighted by atomic mass is 10.0. The summed E-state index contributed by atoms with van der Waals surface area (Å²) in [6.45, 7) is 5.31. The molecule has 3 rings (SSSR count). The first-order chi connectivity index (χ1) is 9.83. The maximum Gasteiger partial charge on any atom is 0.0476 e. The summed E-state index contributed by atoms with van der Waals surface area (Å²) in [7, 11) is 0. The quantitative estimate of drug-likeness (QED) is 0.926. The fourth-order valence-electron chi connectivity index (χ4n) is 2.89. The van der Waals surface area contributed by atoms with Crippen LogP contribution in [0.2, 0.25) is 0 Å². The van der Waals surface area contributed by atoms with Crippen LogP contribution < -0.4 is 5.32 Å². The molecule has 2 aromatic rings. The van der Waals surface area contributed by atoms with E-state index in [-0.39, 0.29) is 0 Å². The molecule has 1 aliphatic rings. The number of nitrogens with one attached hydrogen (secondary N) is 1. The largest absolute Gasteiger partial charge is 0.311 e. The maximum absolute atomic E-state index is 4.10. The van der Waals surface area contributed by atoms with Gasteiger partial charge in [-0.3, -0.25) is 9.88 Å². The minimum Gasteiger partial charge on any atom is -0.311 e. The van der Waals surface area contributed by atoms with Gasteiger partial charge in [-0.15, -0.1) is 0 Å². The van der Waals surface area contributed by atoms with Crippen molar-refractivity contribution in [3.63, 3.8) is 0 Å². The zero-order chi connectivity index (χ0) is 13.8. The molecule has 2 heterocycles. The predicted octanol–water partition coefficient (Wildman–Crippen LogP) is 2.62. The fraction of sp³-hybridized carbons (Fsp3) is 0.353. The highest BCUT2D eigenvalue weighted by molar-refractivity contribution is 5.21. The van der Waals surface area contributed by atoms with Crippen LogP contribution in [0.25, 0.3) is 0 Å². The Hall–Kier alpha value is -1.71. The third-order valence-electron chi connectivity index (χ3n) is 3.93. The molecule has 1 fully saturated rings. The van der Waals surface area contributed by atoms with E-state index in [0.717, 1.165) is 19.6 Å². The average molecular weight is 267 g/mol. The Bertz CT molecular complexity index is 526. The second-order valence-electron chi connectivity index (χ2n) is 5.52. The molecule has 0 amide bonds. The topological polar surface area (TPSA) is 28.2 Å². The number of nitrogens with zero attached hydrogens (tertiary/aromatic N) is 2. The lowest BCUT2D eigenvalue weighted by Gasteiger charge is -2.39. The van der Waals surface area contributed by atoms with Gasteiger partial charge in [-0.1, -0.05) is 30.3 Å². The second kappa shape index (κ2) is 6.16. The van der Waals surface area contributed by atoms with Gasteiger partial charge < -0.3 is 5.32 Å². The number of aromatic nitrogens is 1. The molecule has 1 saturated heterocycles. The Kier molecular flexibility index (Phi) is 4.09. The van der Waals surface area contributed by atoms with E-state index >= 15 is 0 Å². The molecule has 0 saturated carbocycles. The predicted molar refractivity (Wildman–Crippen MR) is 81.3 cm³/mol. The van der Waals surface area contributed by atoms with E-state index in [1.165, 1.54) is 11.1 Å². The first kappa shape index (κ1) is 13.3. The zero-order valence-corrected chi connectivity index (χ0v) is 11.9. The van der Waals surface area contributed by atoms with E-state index in [4.69, 9.17) is 0 Å². The summed E-state index contributed by atoms with van der Waals surface area (Å²) in [4.78, 5) is 6.66. The summed E-state index contributed by atoms with van der Waals surface area (Å²) in [6, 6.07) is 16.0. The highest BCUT2D eigenvalue weighted by Gasteiger charge is 2.26. The molecule has 2 atom stereocenters. The molecule has 20 heavy (non-hydrogen) atoms. The van der Waals surface area contributed by atoms with E-state index in [1.54, 1.807) is 0 Å². The minimum absolute atomic E-state index is 0.445. The number of hydrogen-bond acceptors (Lipinski definition) is 3. The van der Waals surface area contributed by atoms with E-state index in [0.29, 0.717) is 12.1 Å². The smallest absolute Gasteiger partial charge is 0.0476 e. The Labute approximate surface area is 120 Å². The highest BCUT2D eigenvalue weighted by Crippen LogP contribution is 2.25. The van der Waals surface area contributed by atoms with Crippen LogP contribution in [0.15, 0.2) is 54.9 Å². The van der Waals surface area contributed by atoms with Crippen molar-refractivity contribution in [2.24, 2.45) is 0 Å². The van der Waals surface area contributed by atoms with Crippen LogP contribution in [0.5, 0.6) is 0 Å².